The van der Waals surface area contributed by atoms with Gasteiger partial charge >= 0.3 is 6.18 Å². The van der Waals surface area contributed by atoms with Gasteiger partial charge in [0.15, 0.2) is 0 Å². The molecule has 2 heterocycles. The highest BCUT2D eigenvalue weighted by Crippen LogP contribution is 2.35. The van der Waals surface area contributed by atoms with Gasteiger partial charge in [-0.1, -0.05) is 30.3 Å². The summed E-state index contributed by atoms with van der Waals surface area (Å²) in [6, 6.07) is 9.16. The summed E-state index contributed by atoms with van der Waals surface area (Å²) in [5.74, 6) is -0.640. The molecule has 0 aliphatic carbocycles. The van der Waals surface area contributed by atoms with Crippen LogP contribution in [0.5, 0.6) is 0 Å². The van der Waals surface area contributed by atoms with Crippen molar-refractivity contribution in [3.05, 3.63) is 42.2 Å². The molecular formula is C17H18F3N3O2. The van der Waals surface area contributed by atoms with Gasteiger partial charge in [0, 0.05) is 12.1 Å². The number of carbonyl (C=O) groups excluding carboxylic acids is 1. The highest BCUT2D eigenvalue weighted by atomic mass is 19.4. The molecule has 0 radical (unpaired) electrons. The molecule has 2 aromatic rings. The smallest absolute Gasteiger partial charge is 0.373 e. The molecule has 1 amide bonds. The Bertz CT molecular complexity index is 784. The van der Waals surface area contributed by atoms with Crippen LogP contribution < -0.4 is 0 Å². The van der Waals surface area contributed by atoms with Crippen molar-refractivity contribution in [3.8, 4) is 11.4 Å². The predicted octanol–water partition coefficient (Wildman–Crippen LogP) is 2.77. The fourth-order valence-corrected chi connectivity index (χ4v) is 3.05. The Morgan fingerprint density at radius 3 is 2.52 bits per heavy atom. The number of fused-ring (bicyclic) bond motifs is 1. The van der Waals surface area contributed by atoms with Crippen LogP contribution in [0.2, 0.25) is 0 Å². The maximum Gasteiger partial charge on any atom is 0.426 e. The Labute approximate surface area is 142 Å². The Morgan fingerprint density at radius 2 is 1.92 bits per heavy atom. The molecule has 1 unspecified atom stereocenters. The minimum absolute atomic E-state index is 0.0325. The molecule has 0 saturated heterocycles. The van der Waals surface area contributed by atoms with Crippen molar-refractivity contribution < 1.29 is 23.1 Å². The molecule has 1 aromatic carbocycles. The third-order valence-corrected chi connectivity index (χ3v) is 4.44. The second kappa shape index (κ2) is 5.87. The summed E-state index contributed by atoms with van der Waals surface area (Å²) < 4.78 is 40.7. The fourth-order valence-electron chi connectivity index (χ4n) is 3.05. The van der Waals surface area contributed by atoms with Gasteiger partial charge in [0.1, 0.15) is 5.82 Å². The minimum Gasteiger partial charge on any atom is -0.373 e. The molecule has 1 aliphatic rings. The molecule has 0 saturated carbocycles. The lowest BCUT2D eigenvalue weighted by molar-refractivity contribution is -0.251. The van der Waals surface area contributed by atoms with Gasteiger partial charge in [-0.2, -0.15) is 13.2 Å². The van der Waals surface area contributed by atoms with Crippen molar-refractivity contribution in [2.75, 3.05) is 6.54 Å². The first-order valence-corrected chi connectivity index (χ1v) is 7.83. The third kappa shape index (κ3) is 2.90. The third-order valence-electron chi connectivity index (χ3n) is 4.44. The predicted molar refractivity (Wildman–Crippen MR) is 84.5 cm³/mol. The number of halogens is 3. The molecule has 0 bridgehead atoms. The van der Waals surface area contributed by atoms with Crippen LogP contribution in [0.15, 0.2) is 36.5 Å². The van der Waals surface area contributed by atoms with Crippen LogP contribution in [-0.4, -0.2) is 43.8 Å². The topological polar surface area (TPSA) is 58.4 Å². The van der Waals surface area contributed by atoms with Gasteiger partial charge in [0.2, 0.25) is 5.60 Å². The summed E-state index contributed by atoms with van der Waals surface area (Å²) >= 11 is 0. The van der Waals surface area contributed by atoms with Crippen molar-refractivity contribution >= 4 is 5.91 Å². The highest BCUT2D eigenvalue weighted by molar-refractivity contribution is 5.85. The summed E-state index contributed by atoms with van der Waals surface area (Å²) in [7, 11) is 0. The lowest BCUT2D eigenvalue weighted by Gasteiger charge is -2.37. The first-order chi connectivity index (χ1) is 11.6. The Morgan fingerprint density at radius 1 is 1.28 bits per heavy atom. The van der Waals surface area contributed by atoms with Gasteiger partial charge in [-0.25, -0.2) is 4.98 Å². The van der Waals surface area contributed by atoms with Gasteiger partial charge < -0.3 is 14.6 Å². The molecule has 0 spiro atoms. The monoisotopic (exact) mass is 353 g/mol. The Hall–Kier alpha value is -2.35. The summed E-state index contributed by atoms with van der Waals surface area (Å²) in [6.07, 6.45) is -3.47. The van der Waals surface area contributed by atoms with Crippen molar-refractivity contribution in [3.63, 3.8) is 0 Å². The van der Waals surface area contributed by atoms with E-state index in [4.69, 9.17) is 0 Å². The van der Waals surface area contributed by atoms with Crippen LogP contribution in [0.1, 0.15) is 25.6 Å². The second-order valence-electron chi connectivity index (χ2n) is 6.41. The minimum atomic E-state index is -5.03. The average molecular weight is 353 g/mol. The summed E-state index contributed by atoms with van der Waals surface area (Å²) in [5.41, 5.74) is -1.89. The van der Waals surface area contributed by atoms with Gasteiger partial charge in [-0.3, -0.25) is 4.79 Å². The number of nitrogens with zero attached hydrogens (tertiary/aromatic N) is 3. The van der Waals surface area contributed by atoms with E-state index in [0.717, 1.165) is 10.5 Å². The standard InChI is InChI=1S/C17H18F3N3O2/c1-11-9-22(15(24)16(2,25)17(18,19)20)10-13-8-21-14(23(11)13)12-6-4-3-5-7-12/h3-8,11,25H,9-10H2,1-2H3/t11?,16-/m1/s1. The summed E-state index contributed by atoms with van der Waals surface area (Å²) in [5, 5.41) is 9.65. The molecule has 1 N–H and O–H groups in total. The van der Waals surface area contributed by atoms with Crippen molar-refractivity contribution in [2.45, 2.75) is 38.2 Å². The van der Waals surface area contributed by atoms with E-state index in [1.54, 1.807) is 13.1 Å². The van der Waals surface area contributed by atoms with E-state index in [2.05, 4.69) is 4.98 Å². The average Bonchev–Trinajstić information content (AvgIpc) is 2.98. The zero-order chi connectivity index (χ0) is 18.4. The lowest BCUT2D eigenvalue weighted by atomic mass is 10.0. The van der Waals surface area contributed by atoms with Gasteiger partial charge in [-0.15, -0.1) is 0 Å². The van der Waals surface area contributed by atoms with Crippen LogP contribution in [0.25, 0.3) is 11.4 Å². The molecule has 2 atom stereocenters. The molecule has 8 heteroatoms. The molecule has 5 nitrogen and oxygen atoms in total. The zero-order valence-electron chi connectivity index (χ0n) is 13.8. The van der Waals surface area contributed by atoms with Crippen molar-refractivity contribution in [1.82, 2.24) is 14.5 Å². The van der Waals surface area contributed by atoms with Gasteiger partial charge in [-0.05, 0) is 13.8 Å². The Kier molecular flexibility index (Phi) is 4.10. The van der Waals surface area contributed by atoms with E-state index >= 15 is 0 Å². The molecule has 25 heavy (non-hydrogen) atoms. The SMILES string of the molecule is CC1CN(C(=O)[C@@](C)(O)C(F)(F)F)Cc2cnc(-c3ccccc3)n21. The quantitative estimate of drug-likeness (QED) is 0.903. The normalized spacial score (nSPS) is 20.1. The van der Waals surface area contributed by atoms with Crippen molar-refractivity contribution in [2.24, 2.45) is 0 Å². The maximum absolute atomic E-state index is 12.9. The molecular weight excluding hydrogens is 335 g/mol. The van der Waals surface area contributed by atoms with E-state index in [1.807, 2.05) is 34.9 Å². The largest absolute Gasteiger partial charge is 0.426 e. The number of alkyl halides is 3. The number of aromatic nitrogens is 2. The number of aliphatic hydroxyl groups is 1. The van der Waals surface area contributed by atoms with Gasteiger partial charge in [0.05, 0.1) is 24.5 Å². The number of amides is 1. The number of carbonyl (C=O) groups is 1. The second-order valence-corrected chi connectivity index (χ2v) is 6.41. The zero-order valence-corrected chi connectivity index (χ0v) is 13.8. The molecule has 3 rings (SSSR count). The van der Waals surface area contributed by atoms with E-state index in [0.29, 0.717) is 18.4 Å². The number of hydrogen-bond acceptors (Lipinski definition) is 3. The summed E-state index contributed by atoms with van der Waals surface area (Å²) in [4.78, 5) is 17.6. The van der Waals surface area contributed by atoms with E-state index < -0.39 is 17.7 Å². The molecule has 134 valence electrons. The van der Waals surface area contributed by atoms with E-state index in [9.17, 15) is 23.1 Å². The van der Waals surface area contributed by atoms with E-state index in [1.165, 1.54) is 0 Å². The summed E-state index contributed by atoms with van der Waals surface area (Å²) in [6.45, 7) is 2.32. The van der Waals surface area contributed by atoms with E-state index in [-0.39, 0.29) is 19.1 Å². The van der Waals surface area contributed by atoms with Gasteiger partial charge in [0.25, 0.3) is 5.91 Å². The lowest BCUT2D eigenvalue weighted by Crippen LogP contribution is -2.57. The number of rotatable bonds is 2. The molecule has 0 fully saturated rings. The molecule has 1 aromatic heterocycles. The number of imidazole rings is 1. The van der Waals surface area contributed by atoms with Crippen LogP contribution >= 0.6 is 0 Å². The number of benzene rings is 1. The van der Waals surface area contributed by atoms with Crippen molar-refractivity contribution in [1.29, 1.82) is 0 Å². The maximum atomic E-state index is 12.9. The fraction of sp³-hybridized carbons (Fsp3) is 0.412. The first-order valence-electron chi connectivity index (χ1n) is 7.83. The molecule has 1 aliphatic heterocycles. The first kappa shape index (κ1) is 17.5. The van der Waals surface area contributed by atoms with Crippen LogP contribution in [-0.2, 0) is 11.3 Å². The van der Waals surface area contributed by atoms with Crippen LogP contribution in [0, 0.1) is 0 Å². The number of hydrogen-bond donors (Lipinski definition) is 1. The Balaban J connectivity index is 1.91. The van der Waals surface area contributed by atoms with Crippen LogP contribution in [0.4, 0.5) is 13.2 Å². The van der Waals surface area contributed by atoms with Crippen LogP contribution in [0.3, 0.4) is 0 Å². The highest BCUT2D eigenvalue weighted by Gasteiger charge is 2.57.